The van der Waals surface area contributed by atoms with Gasteiger partial charge in [0.2, 0.25) is 5.91 Å². The number of carbonyl (C=O) groups is 1. The summed E-state index contributed by atoms with van der Waals surface area (Å²) in [7, 11) is 3.59. The van der Waals surface area contributed by atoms with E-state index in [4.69, 9.17) is 4.74 Å². The van der Waals surface area contributed by atoms with Crippen LogP contribution in [0.4, 0.5) is 0 Å². The number of carbonyl (C=O) groups excluding carboxylic acids is 1. The Kier molecular flexibility index (Phi) is 5.14. The van der Waals surface area contributed by atoms with Crippen molar-refractivity contribution >= 4 is 5.91 Å². The number of rotatable bonds is 5. The zero-order chi connectivity index (χ0) is 14.5. The fourth-order valence-electron chi connectivity index (χ4n) is 2.43. The lowest BCUT2D eigenvalue weighted by atomic mass is 10.2. The number of nitrogens with zero attached hydrogens (tertiary/aromatic N) is 4. The van der Waals surface area contributed by atoms with Gasteiger partial charge in [-0.1, -0.05) is 0 Å². The molecule has 1 aliphatic rings. The molecule has 6 nitrogen and oxygen atoms in total. The fourth-order valence-corrected chi connectivity index (χ4v) is 2.43. The summed E-state index contributed by atoms with van der Waals surface area (Å²) in [5, 5.41) is 4.33. The van der Waals surface area contributed by atoms with E-state index >= 15 is 0 Å². The Bertz CT molecular complexity index is 444. The van der Waals surface area contributed by atoms with Crippen molar-refractivity contribution in [2.45, 2.75) is 32.5 Å². The zero-order valence-electron chi connectivity index (χ0n) is 12.6. The fraction of sp³-hybridized carbons (Fsp3) is 0.714. The Morgan fingerprint density at radius 1 is 1.55 bits per heavy atom. The lowest BCUT2D eigenvalue weighted by molar-refractivity contribution is -0.131. The summed E-state index contributed by atoms with van der Waals surface area (Å²) in [5.41, 5.74) is 1.16. The third-order valence-corrected chi connectivity index (χ3v) is 3.71. The number of hydrogen-bond acceptors (Lipinski definition) is 4. The molecule has 0 bridgehead atoms. The highest BCUT2D eigenvalue weighted by molar-refractivity contribution is 5.77. The molecule has 6 heteroatoms. The van der Waals surface area contributed by atoms with E-state index in [1.54, 1.807) is 19.0 Å². The molecule has 1 atom stereocenters. The van der Waals surface area contributed by atoms with Gasteiger partial charge in [-0.05, 0) is 19.4 Å². The Balaban J connectivity index is 2.09. The van der Waals surface area contributed by atoms with E-state index in [2.05, 4.69) is 10.00 Å². The predicted octanol–water partition coefficient (Wildman–Crippen LogP) is 0.582. The molecular formula is C14H24N4O2. The van der Waals surface area contributed by atoms with E-state index in [9.17, 15) is 4.79 Å². The highest BCUT2D eigenvalue weighted by atomic mass is 16.5. The highest BCUT2D eigenvalue weighted by Gasteiger charge is 2.26. The van der Waals surface area contributed by atoms with Crippen LogP contribution in [0.1, 0.15) is 19.0 Å². The van der Waals surface area contributed by atoms with Crippen molar-refractivity contribution < 1.29 is 9.53 Å². The Morgan fingerprint density at radius 3 is 3.05 bits per heavy atom. The van der Waals surface area contributed by atoms with Gasteiger partial charge in [0, 0.05) is 46.0 Å². The van der Waals surface area contributed by atoms with Crippen LogP contribution in [0.25, 0.3) is 0 Å². The third kappa shape index (κ3) is 3.58. The summed E-state index contributed by atoms with van der Waals surface area (Å²) in [4.78, 5) is 15.9. The van der Waals surface area contributed by atoms with Crippen LogP contribution in [0.15, 0.2) is 12.3 Å². The van der Waals surface area contributed by atoms with Crippen molar-refractivity contribution in [3.8, 4) is 0 Å². The van der Waals surface area contributed by atoms with Gasteiger partial charge >= 0.3 is 0 Å². The quantitative estimate of drug-likeness (QED) is 0.792. The molecule has 1 amide bonds. The minimum atomic E-state index is 0.125. The first-order valence-electron chi connectivity index (χ1n) is 7.14. The molecule has 0 aromatic carbocycles. The first-order valence-corrected chi connectivity index (χ1v) is 7.14. The Hall–Kier alpha value is -1.40. The number of fused-ring (bicyclic) bond motifs is 1. The molecule has 2 heterocycles. The smallest absolute Gasteiger partial charge is 0.236 e. The second kappa shape index (κ2) is 6.85. The van der Waals surface area contributed by atoms with Crippen molar-refractivity contribution in [1.82, 2.24) is 19.6 Å². The molecule has 1 aliphatic heterocycles. The van der Waals surface area contributed by atoms with Gasteiger partial charge in [0.25, 0.3) is 0 Å². The van der Waals surface area contributed by atoms with Crippen LogP contribution in [0.2, 0.25) is 0 Å². The van der Waals surface area contributed by atoms with Crippen molar-refractivity contribution in [3.05, 3.63) is 18.0 Å². The van der Waals surface area contributed by atoms with E-state index in [-0.39, 0.29) is 11.9 Å². The maximum absolute atomic E-state index is 12.0. The summed E-state index contributed by atoms with van der Waals surface area (Å²) in [6.45, 7) is 5.43. The molecule has 0 N–H and O–H groups in total. The molecule has 112 valence electrons. The maximum Gasteiger partial charge on any atom is 0.236 e. The summed E-state index contributed by atoms with van der Waals surface area (Å²) in [6, 6.07) is 2.29. The average molecular weight is 280 g/mol. The van der Waals surface area contributed by atoms with Gasteiger partial charge in [-0.15, -0.1) is 0 Å². The van der Waals surface area contributed by atoms with Crippen LogP contribution >= 0.6 is 0 Å². The number of ether oxygens (including phenoxy) is 1. The van der Waals surface area contributed by atoms with Crippen molar-refractivity contribution in [3.63, 3.8) is 0 Å². The molecule has 0 saturated heterocycles. The average Bonchev–Trinajstić information content (AvgIpc) is 2.79. The number of amides is 1. The molecular weight excluding hydrogens is 256 g/mol. The lowest BCUT2D eigenvalue weighted by Gasteiger charge is -2.29. The number of hydrogen-bond donors (Lipinski definition) is 0. The first kappa shape index (κ1) is 15.0. The highest BCUT2D eigenvalue weighted by Crippen LogP contribution is 2.17. The van der Waals surface area contributed by atoms with E-state index < -0.39 is 0 Å². The monoisotopic (exact) mass is 280 g/mol. The number of aromatic nitrogens is 2. The summed E-state index contributed by atoms with van der Waals surface area (Å²) in [6.07, 6.45) is 2.78. The van der Waals surface area contributed by atoms with Gasteiger partial charge < -0.3 is 9.64 Å². The van der Waals surface area contributed by atoms with E-state index in [0.717, 1.165) is 25.2 Å². The van der Waals surface area contributed by atoms with Crippen LogP contribution in [0, 0.1) is 0 Å². The second-order valence-corrected chi connectivity index (χ2v) is 5.34. The predicted molar refractivity (Wildman–Crippen MR) is 76.2 cm³/mol. The van der Waals surface area contributed by atoms with Gasteiger partial charge in [0.05, 0.1) is 18.8 Å². The van der Waals surface area contributed by atoms with Crippen LogP contribution in [-0.2, 0) is 22.6 Å². The first-order chi connectivity index (χ1) is 9.61. The topological polar surface area (TPSA) is 50.6 Å². The standard InChI is InChI=1S/C14H24N4O2/c1-4-20-11-13-6-8-18-12(5-7-15-18)9-17(13)10-14(19)16(2)3/h5,7,13H,4,6,8-11H2,1-3H3/t13-/m1/s1. The molecule has 0 aliphatic carbocycles. The summed E-state index contributed by atoms with van der Waals surface area (Å²) < 4.78 is 7.61. The largest absolute Gasteiger partial charge is 0.380 e. The van der Waals surface area contributed by atoms with Gasteiger partial charge in [0.15, 0.2) is 0 Å². The molecule has 1 aromatic rings. The van der Waals surface area contributed by atoms with Gasteiger partial charge in [-0.25, -0.2) is 0 Å². The Labute approximate surface area is 120 Å². The second-order valence-electron chi connectivity index (χ2n) is 5.34. The molecule has 1 aromatic heterocycles. The lowest BCUT2D eigenvalue weighted by Crippen LogP contribution is -2.43. The molecule has 2 rings (SSSR count). The molecule has 0 saturated carbocycles. The van der Waals surface area contributed by atoms with Crippen molar-refractivity contribution in [2.24, 2.45) is 0 Å². The van der Waals surface area contributed by atoms with E-state index in [1.165, 1.54) is 0 Å². The van der Waals surface area contributed by atoms with Crippen LogP contribution < -0.4 is 0 Å². The minimum absolute atomic E-state index is 0.125. The SMILES string of the molecule is CCOC[C@H]1CCn2nccc2CN1CC(=O)N(C)C. The summed E-state index contributed by atoms with van der Waals surface area (Å²) in [5.74, 6) is 0.125. The van der Waals surface area contributed by atoms with E-state index in [0.29, 0.717) is 19.8 Å². The molecule has 0 fully saturated rings. The van der Waals surface area contributed by atoms with Crippen molar-refractivity contribution in [1.29, 1.82) is 0 Å². The van der Waals surface area contributed by atoms with Gasteiger partial charge in [0.1, 0.15) is 0 Å². The van der Waals surface area contributed by atoms with Gasteiger partial charge in [-0.2, -0.15) is 5.10 Å². The molecule has 0 unspecified atom stereocenters. The Morgan fingerprint density at radius 2 is 2.35 bits per heavy atom. The molecule has 0 radical (unpaired) electrons. The van der Waals surface area contributed by atoms with E-state index in [1.807, 2.05) is 23.9 Å². The third-order valence-electron chi connectivity index (χ3n) is 3.71. The van der Waals surface area contributed by atoms with Crippen molar-refractivity contribution in [2.75, 3.05) is 33.9 Å². The molecule has 0 spiro atoms. The minimum Gasteiger partial charge on any atom is -0.380 e. The van der Waals surface area contributed by atoms with Crippen LogP contribution in [0.3, 0.4) is 0 Å². The number of aryl methyl sites for hydroxylation is 1. The number of likely N-dealkylation sites (N-methyl/N-ethyl adjacent to an activating group) is 1. The maximum atomic E-state index is 12.0. The zero-order valence-corrected chi connectivity index (χ0v) is 12.6. The van der Waals surface area contributed by atoms with Crippen LogP contribution in [0.5, 0.6) is 0 Å². The normalized spacial score (nSPS) is 19.4. The molecule has 20 heavy (non-hydrogen) atoms. The van der Waals surface area contributed by atoms with Crippen LogP contribution in [-0.4, -0.2) is 65.4 Å². The summed E-state index contributed by atoms with van der Waals surface area (Å²) >= 11 is 0. The van der Waals surface area contributed by atoms with Gasteiger partial charge in [-0.3, -0.25) is 14.4 Å².